The molecule has 1 aromatic carbocycles. The fourth-order valence-corrected chi connectivity index (χ4v) is 2.58. The van der Waals surface area contributed by atoms with E-state index < -0.39 is 0 Å². The zero-order valence-corrected chi connectivity index (χ0v) is 10.8. The molecule has 3 nitrogen and oxygen atoms in total. The molecule has 0 bridgehead atoms. The summed E-state index contributed by atoms with van der Waals surface area (Å²) in [5.41, 5.74) is 2.53. The Balaban J connectivity index is 1.91. The van der Waals surface area contributed by atoms with Crippen molar-refractivity contribution >= 4 is 12.0 Å². The van der Waals surface area contributed by atoms with Gasteiger partial charge in [0.05, 0.1) is 0 Å². The Morgan fingerprint density at radius 1 is 1.28 bits per heavy atom. The van der Waals surface area contributed by atoms with Crippen LogP contribution in [0.2, 0.25) is 0 Å². The van der Waals surface area contributed by atoms with Crippen LogP contribution in [0.15, 0.2) is 18.2 Å². The van der Waals surface area contributed by atoms with Crippen LogP contribution in [-0.2, 0) is 11.2 Å². The molecule has 0 saturated heterocycles. The number of hydrogen-bond acceptors (Lipinski definition) is 3. The first kappa shape index (κ1) is 12.9. The minimum absolute atomic E-state index is 0.349. The summed E-state index contributed by atoms with van der Waals surface area (Å²) in [4.78, 5) is 12.6. The number of rotatable bonds is 6. The highest BCUT2D eigenvalue weighted by Gasteiger charge is 2.16. The van der Waals surface area contributed by atoms with Crippen molar-refractivity contribution < 1.29 is 9.90 Å². The Hall–Kier alpha value is -1.51. The third kappa shape index (κ3) is 3.25. The number of nitrogens with zero attached hydrogens (tertiary/aromatic N) is 1. The Bertz CT molecular complexity index is 403. The summed E-state index contributed by atoms with van der Waals surface area (Å²) in [6.45, 7) is 2.10. The Kier molecular flexibility index (Phi) is 4.62. The van der Waals surface area contributed by atoms with E-state index >= 15 is 0 Å². The number of phenolic OH excluding ortho intramolecular Hbond substituents is 1. The molecular weight excluding hydrogens is 226 g/mol. The normalized spacial score (nSPS) is 14.3. The predicted molar refractivity (Wildman–Crippen MR) is 73.2 cm³/mol. The van der Waals surface area contributed by atoms with Crippen molar-refractivity contribution in [3.05, 3.63) is 23.8 Å². The first-order valence-electron chi connectivity index (χ1n) is 6.82. The lowest BCUT2D eigenvalue weighted by Crippen LogP contribution is -2.30. The summed E-state index contributed by atoms with van der Waals surface area (Å²) in [7, 11) is 0. The van der Waals surface area contributed by atoms with Crippen LogP contribution in [-0.4, -0.2) is 24.5 Å². The number of aryl methyl sites for hydroxylation is 1. The number of carbonyl (C=O) groups excluding carboxylic acids is 1. The Morgan fingerprint density at radius 2 is 2.17 bits per heavy atom. The van der Waals surface area contributed by atoms with E-state index in [1.807, 2.05) is 12.1 Å². The average molecular weight is 247 g/mol. The first-order valence-corrected chi connectivity index (χ1v) is 6.82. The molecule has 18 heavy (non-hydrogen) atoms. The third-order valence-corrected chi connectivity index (χ3v) is 3.53. The molecule has 1 aromatic rings. The van der Waals surface area contributed by atoms with Crippen LogP contribution >= 0.6 is 0 Å². The van der Waals surface area contributed by atoms with Crippen LogP contribution < -0.4 is 4.90 Å². The molecule has 3 heteroatoms. The van der Waals surface area contributed by atoms with Crippen molar-refractivity contribution in [3.8, 4) is 5.75 Å². The molecule has 0 fully saturated rings. The van der Waals surface area contributed by atoms with Gasteiger partial charge >= 0.3 is 0 Å². The number of hydrogen-bond donors (Lipinski definition) is 1. The van der Waals surface area contributed by atoms with Gasteiger partial charge in [0.2, 0.25) is 0 Å². The molecule has 0 aromatic heterocycles. The molecule has 1 aliphatic rings. The fraction of sp³-hybridized carbons (Fsp3) is 0.533. The molecule has 0 spiro atoms. The van der Waals surface area contributed by atoms with Gasteiger partial charge in [-0.2, -0.15) is 0 Å². The highest BCUT2D eigenvalue weighted by Crippen LogP contribution is 2.30. The Labute approximate surface area is 108 Å². The summed E-state index contributed by atoms with van der Waals surface area (Å²) in [5, 5.41) is 9.58. The number of aldehydes is 1. The molecule has 1 N–H and O–H groups in total. The van der Waals surface area contributed by atoms with Crippen LogP contribution in [0, 0.1) is 0 Å². The highest BCUT2D eigenvalue weighted by atomic mass is 16.3. The molecule has 0 unspecified atom stereocenters. The second-order valence-corrected chi connectivity index (χ2v) is 4.92. The number of aromatic hydroxyl groups is 1. The van der Waals surface area contributed by atoms with Gasteiger partial charge in [-0.05, 0) is 37.3 Å². The fourth-order valence-electron chi connectivity index (χ4n) is 2.58. The minimum atomic E-state index is 0.349. The quantitative estimate of drug-likeness (QED) is 0.620. The van der Waals surface area contributed by atoms with E-state index in [0.717, 1.165) is 45.1 Å². The van der Waals surface area contributed by atoms with Crippen molar-refractivity contribution in [2.45, 2.75) is 38.5 Å². The summed E-state index contributed by atoms with van der Waals surface area (Å²) in [6.07, 6.45) is 7.17. The van der Waals surface area contributed by atoms with Crippen molar-refractivity contribution in [3.63, 3.8) is 0 Å². The number of unbranched alkanes of at least 4 members (excludes halogenated alkanes) is 3. The Morgan fingerprint density at radius 3 is 3.00 bits per heavy atom. The van der Waals surface area contributed by atoms with E-state index in [9.17, 15) is 9.90 Å². The van der Waals surface area contributed by atoms with Crippen molar-refractivity contribution in [2.75, 3.05) is 18.0 Å². The lowest BCUT2D eigenvalue weighted by molar-refractivity contribution is -0.107. The molecule has 0 saturated carbocycles. The van der Waals surface area contributed by atoms with Gasteiger partial charge in [0.1, 0.15) is 12.0 Å². The maximum Gasteiger partial charge on any atom is 0.119 e. The SMILES string of the molecule is O=CCCCCCN1CCCc2ccc(O)cc21. The number of phenols is 1. The number of fused-ring (bicyclic) bond motifs is 1. The molecule has 1 aliphatic heterocycles. The lowest BCUT2D eigenvalue weighted by atomic mass is 10.0. The van der Waals surface area contributed by atoms with Gasteiger partial charge in [-0.15, -0.1) is 0 Å². The van der Waals surface area contributed by atoms with Gasteiger partial charge in [0.25, 0.3) is 0 Å². The zero-order valence-electron chi connectivity index (χ0n) is 10.8. The van der Waals surface area contributed by atoms with Crippen molar-refractivity contribution in [1.29, 1.82) is 0 Å². The topological polar surface area (TPSA) is 40.5 Å². The second-order valence-electron chi connectivity index (χ2n) is 4.92. The highest BCUT2D eigenvalue weighted by molar-refractivity contribution is 5.58. The average Bonchev–Trinajstić information content (AvgIpc) is 2.39. The smallest absolute Gasteiger partial charge is 0.119 e. The molecule has 0 amide bonds. The number of carbonyl (C=O) groups is 1. The second kappa shape index (κ2) is 6.43. The summed E-state index contributed by atoms with van der Waals surface area (Å²) in [6, 6.07) is 5.68. The number of benzene rings is 1. The maximum absolute atomic E-state index is 10.2. The standard InChI is InChI=1S/C15H21NO2/c17-11-4-2-1-3-9-16-10-5-6-13-7-8-14(18)12-15(13)16/h7-8,11-12,18H,1-6,9-10H2. The van der Waals surface area contributed by atoms with Crippen LogP contribution in [0.3, 0.4) is 0 Å². The zero-order chi connectivity index (χ0) is 12.8. The number of anilines is 1. The molecule has 0 atom stereocenters. The summed E-state index contributed by atoms with van der Waals surface area (Å²) in [5.74, 6) is 0.349. The largest absolute Gasteiger partial charge is 0.508 e. The van der Waals surface area contributed by atoms with Crippen LogP contribution in [0.4, 0.5) is 5.69 Å². The van der Waals surface area contributed by atoms with E-state index in [0.29, 0.717) is 12.2 Å². The van der Waals surface area contributed by atoms with Gasteiger partial charge in [0, 0.05) is 31.3 Å². The van der Waals surface area contributed by atoms with Gasteiger partial charge in [-0.1, -0.05) is 12.5 Å². The first-order chi connectivity index (χ1) is 8.81. The molecule has 1 heterocycles. The van der Waals surface area contributed by atoms with Crippen LogP contribution in [0.5, 0.6) is 5.75 Å². The molecule has 98 valence electrons. The van der Waals surface area contributed by atoms with E-state index in [1.165, 1.54) is 17.7 Å². The van der Waals surface area contributed by atoms with Gasteiger partial charge in [0.15, 0.2) is 0 Å². The lowest BCUT2D eigenvalue weighted by Gasteiger charge is -2.31. The van der Waals surface area contributed by atoms with Crippen molar-refractivity contribution in [2.24, 2.45) is 0 Å². The van der Waals surface area contributed by atoms with Gasteiger partial charge in [-0.25, -0.2) is 0 Å². The maximum atomic E-state index is 10.2. The molecule has 0 radical (unpaired) electrons. The molecule has 2 rings (SSSR count). The van der Waals surface area contributed by atoms with E-state index in [1.54, 1.807) is 6.07 Å². The van der Waals surface area contributed by atoms with Gasteiger partial charge in [-0.3, -0.25) is 0 Å². The summed E-state index contributed by atoms with van der Waals surface area (Å²) < 4.78 is 0. The monoisotopic (exact) mass is 247 g/mol. The minimum Gasteiger partial charge on any atom is -0.508 e. The molecular formula is C15H21NO2. The molecule has 0 aliphatic carbocycles. The van der Waals surface area contributed by atoms with E-state index in [-0.39, 0.29) is 0 Å². The van der Waals surface area contributed by atoms with Gasteiger partial charge < -0.3 is 14.8 Å². The van der Waals surface area contributed by atoms with Crippen LogP contribution in [0.25, 0.3) is 0 Å². The van der Waals surface area contributed by atoms with Crippen LogP contribution in [0.1, 0.15) is 37.7 Å². The predicted octanol–water partition coefficient (Wildman–Crippen LogP) is 2.90. The van der Waals surface area contributed by atoms with E-state index in [4.69, 9.17) is 0 Å². The van der Waals surface area contributed by atoms with E-state index in [2.05, 4.69) is 4.90 Å². The summed E-state index contributed by atoms with van der Waals surface area (Å²) >= 11 is 0. The van der Waals surface area contributed by atoms with Crippen molar-refractivity contribution in [1.82, 2.24) is 0 Å². The third-order valence-electron chi connectivity index (χ3n) is 3.53.